The Bertz CT molecular complexity index is 986. The first-order chi connectivity index (χ1) is 11.2. The van der Waals surface area contributed by atoms with E-state index >= 15 is 0 Å². The number of aliphatic hydroxyl groups is 1. The van der Waals surface area contributed by atoms with Gasteiger partial charge in [-0.05, 0) is 37.6 Å². The molecule has 7 heteroatoms. The topological polar surface area (TPSA) is 67.4 Å². The minimum absolute atomic E-state index is 0.0963. The van der Waals surface area contributed by atoms with Gasteiger partial charge >= 0.3 is 0 Å². The molecule has 3 rings (SSSR count). The number of aromatic hydroxyl groups is 1. The standard InChI is InChI=1S/C17H17IN2O3S/c1-17(2,23)10-4-5-14(21)12(8-10)13-9-19(3)16(22)15-11(13)6-7-20(15)24-18/h4-9,21,23H,1-3H3. The highest BCUT2D eigenvalue weighted by Gasteiger charge is 2.20. The van der Waals surface area contributed by atoms with E-state index in [1.165, 1.54) is 13.7 Å². The van der Waals surface area contributed by atoms with Crippen molar-refractivity contribution in [3.63, 3.8) is 0 Å². The predicted octanol–water partition coefficient (Wildman–Crippen LogP) is 3.79. The molecule has 126 valence electrons. The lowest BCUT2D eigenvalue weighted by Crippen LogP contribution is -2.18. The fourth-order valence-corrected chi connectivity index (χ4v) is 4.07. The third kappa shape index (κ3) is 2.84. The van der Waals surface area contributed by atoms with Crippen LogP contribution < -0.4 is 5.56 Å². The molecular weight excluding hydrogens is 439 g/mol. The summed E-state index contributed by atoms with van der Waals surface area (Å²) in [5.41, 5.74) is 1.49. The van der Waals surface area contributed by atoms with Crippen LogP contribution in [0.25, 0.3) is 22.0 Å². The molecule has 0 aliphatic heterocycles. The van der Waals surface area contributed by atoms with Crippen LogP contribution in [0.1, 0.15) is 19.4 Å². The van der Waals surface area contributed by atoms with E-state index in [0.29, 0.717) is 16.6 Å². The van der Waals surface area contributed by atoms with Gasteiger partial charge in [0.05, 0.1) is 5.60 Å². The number of aryl methyl sites for hydroxylation is 1. The van der Waals surface area contributed by atoms with Crippen molar-refractivity contribution in [3.05, 3.63) is 52.6 Å². The van der Waals surface area contributed by atoms with Crippen LogP contribution in [-0.4, -0.2) is 18.8 Å². The number of nitrogens with zero attached hydrogens (tertiary/aromatic N) is 2. The van der Waals surface area contributed by atoms with Crippen molar-refractivity contribution in [1.29, 1.82) is 0 Å². The molecule has 0 bridgehead atoms. The van der Waals surface area contributed by atoms with E-state index in [1.54, 1.807) is 49.3 Å². The number of benzene rings is 1. The first kappa shape index (κ1) is 17.4. The highest BCUT2D eigenvalue weighted by atomic mass is 127. The van der Waals surface area contributed by atoms with Crippen LogP contribution in [0, 0.1) is 0 Å². The van der Waals surface area contributed by atoms with Gasteiger partial charge in [0.2, 0.25) is 0 Å². The van der Waals surface area contributed by atoms with Crippen molar-refractivity contribution in [2.75, 3.05) is 0 Å². The highest BCUT2D eigenvalue weighted by molar-refractivity contribution is 14.2. The fraction of sp³-hybridized carbons (Fsp3) is 0.235. The van der Waals surface area contributed by atoms with Crippen molar-refractivity contribution in [2.24, 2.45) is 7.05 Å². The monoisotopic (exact) mass is 456 g/mol. The summed E-state index contributed by atoms with van der Waals surface area (Å²) >= 11 is 2.12. The lowest BCUT2D eigenvalue weighted by atomic mass is 9.93. The molecule has 0 saturated heterocycles. The number of fused-ring (bicyclic) bond motifs is 1. The van der Waals surface area contributed by atoms with Gasteiger partial charge in [0, 0.05) is 66.3 Å². The molecule has 0 aliphatic carbocycles. The Balaban J connectivity index is 2.37. The molecule has 3 aromatic rings. The van der Waals surface area contributed by atoms with Crippen LogP contribution in [0.15, 0.2) is 41.5 Å². The summed E-state index contributed by atoms with van der Waals surface area (Å²) in [4.78, 5) is 12.5. The van der Waals surface area contributed by atoms with Crippen LogP contribution in [0.3, 0.4) is 0 Å². The Labute approximate surface area is 155 Å². The van der Waals surface area contributed by atoms with E-state index in [9.17, 15) is 15.0 Å². The van der Waals surface area contributed by atoms with Gasteiger partial charge in [-0.15, -0.1) is 0 Å². The Hall–Kier alpha value is -1.45. The molecule has 2 heterocycles. The lowest BCUT2D eigenvalue weighted by Gasteiger charge is -2.19. The van der Waals surface area contributed by atoms with Crippen molar-refractivity contribution in [2.45, 2.75) is 19.4 Å². The lowest BCUT2D eigenvalue weighted by molar-refractivity contribution is 0.0786. The molecular formula is C17H17IN2O3S. The van der Waals surface area contributed by atoms with E-state index in [2.05, 4.69) is 21.2 Å². The Morgan fingerprint density at radius 3 is 2.54 bits per heavy atom. The van der Waals surface area contributed by atoms with Gasteiger partial charge in [0.25, 0.3) is 5.56 Å². The number of pyridine rings is 1. The number of aromatic nitrogens is 2. The number of hydrogen-bond donors (Lipinski definition) is 2. The second kappa shape index (κ2) is 6.12. The largest absolute Gasteiger partial charge is 0.507 e. The fourth-order valence-electron chi connectivity index (χ4n) is 2.73. The maximum atomic E-state index is 12.5. The molecule has 0 radical (unpaired) electrons. The van der Waals surface area contributed by atoms with Gasteiger partial charge < -0.3 is 14.8 Å². The molecule has 1 aromatic carbocycles. The number of phenols is 1. The molecule has 0 atom stereocenters. The predicted molar refractivity (Wildman–Crippen MR) is 107 cm³/mol. The second-order valence-corrected chi connectivity index (χ2v) is 7.94. The van der Waals surface area contributed by atoms with E-state index < -0.39 is 5.60 Å². The van der Waals surface area contributed by atoms with Crippen molar-refractivity contribution < 1.29 is 10.2 Å². The number of phenolic OH excluding ortho intramolecular Hbond substituents is 1. The van der Waals surface area contributed by atoms with Gasteiger partial charge in [-0.2, -0.15) is 0 Å². The zero-order chi connectivity index (χ0) is 17.6. The minimum Gasteiger partial charge on any atom is -0.507 e. The smallest absolute Gasteiger partial charge is 0.275 e. The van der Waals surface area contributed by atoms with Gasteiger partial charge in [-0.1, -0.05) is 6.07 Å². The number of rotatable bonds is 3. The van der Waals surface area contributed by atoms with Crippen LogP contribution in [-0.2, 0) is 12.6 Å². The van der Waals surface area contributed by atoms with Gasteiger partial charge in [0.15, 0.2) is 0 Å². The molecule has 2 aromatic heterocycles. The third-order valence-corrected chi connectivity index (χ3v) is 5.78. The van der Waals surface area contributed by atoms with Crippen molar-refractivity contribution >= 4 is 41.2 Å². The summed E-state index contributed by atoms with van der Waals surface area (Å²) in [5.74, 6) is 0.109. The molecule has 0 saturated carbocycles. The molecule has 24 heavy (non-hydrogen) atoms. The normalized spacial score (nSPS) is 12.0. The van der Waals surface area contributed by atoms with Crippen LogP contribution in [0.2, 0.25) is 0 Å². The third-order valence-electron chi connectivity index (χ3n) is 4.06. The van der Waals surface area contributed by atoms with Crippen LogP contribution >= 0.6 is 30.3 Å². The SMILES string of the molecule is Cn1cc(-c2cc(C(C)(C)O)ccc2O)c2ccn(SI)c2c1=O. The molecule has 2 N–H and O–H groups in total. The Morgan fingerprint density at radius 2 is 1.92 bits per heavy atom. The Morgan fingerprint density at radius 1 is 1.21 bits per heavy atom. The quantitative estimate of drug-likeness (QED) is 0.589. The Kier molecular flexibility index (Phi) is 4.43. The first-order valence-electron chi connectivity index (χ1n) is 7.30. The summed E-state index contributed by atoms with van der Waals surface area (Å²) in [6.07, 6.45) is 3.56. The van der Waals surface area contributed by atoms with E-state index in [0.717, 1.165) is 10.9 Å². The summed E-state index contributed by atoms with van der Waals surface area (Å²) in [7, 11) is 3.11. The zero-order valence-electron chi connectivity index (χ0n) is 13.4. The van der Waals surface area contributed by atoms with Crippen molar-refractivity contribution in [3.8, 4) is 16.9 Å². The summed E-state index contributed by atoms with van der Waals surface area (Å²) in [6, 6.07) is 6.91. The molecule has 5 nitrogen and oxygen atoms in total. The molecule has 0 fully saturated rings. The summed E-state index contributed by atoms with van der Waals surface area (Å²) in [5, 5.41) is 21.4. The van der Waals surface area contributed by atoms with Gasteiger partial charge in [0.1, 0.15) is 11.3 Å². The minimum atomic E-state index is -1.02. The molecule has 0 spiro atoms. The van der Waals surface area contributed by atoms with E-state index in [-0.39, 0.29) is 11.3 Å². The van der Waals surface area contributed by atoms with Crippen LogP contribution in [0.4, 0.5) is 0 Å². The molecule has 0 unspecified atom stereocenters. The maximum Gasteiger partial charge on any atom is 0.275 e. The van der Waals surface area contributed by atoms with E-state index in [1.807, 2.05) is 12.3 Å². The zero-order valence-corrected chi connectivity index (χ0v) is 16.4. The second-order valence-electron chi connectivity index (χ2n) is 6.22. The average molecular weight is 456 g/mol. The van der Waals surface area contributed by atoms with Gasteiger partial charge in [-0.25, -0.2) is 0 Å². The number of hydrogen-bond acceptors (Lipinski definition) is 4. The highest BCUT2D eigenvalue weighted by Crippen LogP contribution is 2.37. The number of halogens is 1. The molecule has 0 aliphatic rings. The summed E-state index contributed by atoms with van der Waals surface area (Å²) < 4.78 is 3.32. The van der Waals surface area contributed by atoms with Crippen LogP contribution in [0.5, 0.6) is 5.75 Å². The maximum absolute atomic E-state index is 12.5. The first-order valence-corrected chi connectivity index (χ1v) is 10.6. The van der Waals surface area contributed by atoms with Gasteiger partial charge in [-0.3, -0.25) is 8.77 Å². The summed E-state index contributed by atoms with van der Waals surface area (Å²) in [6.45, 7) is 3.39. The average Bonchev–Trinajstić information content (AvgIpc) is 2.94. The molecule has 0 amide bonds. The van der Waals surface area contributed by atoms with E-state index in [4.69, 9.17) is 0 Å². The van der Waals surface area contributed by atoms with Crippen molar-refractivity contribution in [1.82, 2.24) is 8.54 Å².